The van der Waals surface area contributed by atoms with Crippen molar-refractivity contribution >= 4 is 11.6 Å². The molecule has 0 unspecified atom stereocenters. The van der Waals surface area contributed by atoms with Gasteiger partial charge in [0.2, 0.25) is 0 Å². The minimum Gasteiger partial charge on any atom is -0.494 e. The molecule has 2 aromatic rings. The molecule has 110 valence electrons. The number of rotatable bonds is 5. The highest BCUT2D eigenvalue weighted by Crippen LogP contribution is 2.16. The fraction of sp³-hybridized carbons (Fsp3) is 0.188. The van der Waals surface area contributed by atoms with Gasteiger partial charge >= 0.3 is 0 Å². The summed E-state index contributed by atoms with van der Waals surface area (Å²) in [4.78, 5) is 12.0. The van der Waals surface area contributed by atoms with Gasteiger partial charge in [-0.1, -0.05) is 18.2 Å². The van der Waals surface area contributed by atoms with E-state index in [1.54, 1.807) is 0 Å². The maximum atomic E-state index is 13.3. The van der Waals surface area contributed by atoms with E-state index >= 15 is 0 Å². The average Bonchev–Trinajstić information content (AvgIpc) is 2.48. The number of benzene rings is 2. The van der Waals surface area contributed by atoms with Crippen LogP contribution in [0.4, 0.5) is 10.1 Å². The largest absolute Gasteiger partial charge is 0.494 e. The molecule has 2 rings (SSSR count). The number of hydrogen-bond acceptors (Lipinski definition) is 3. The molecule has 3 N–H and O–H groups in total. The highest BCUT2D eigenvalue weighted by atomic mass is 19.1. The van der Waals surface area contributed by atoms with E-state index in [0.29, 0.717) is 13.2 Å². The quantitative estimate of drug-likeness (QED) is 0.831. The Balaban J connectivity index is 2.04. The number of carbonyl (C=O) groups excluding carboxylic acids is 1. The molecule has 0 aliphatic heterocycles. The number of halogens is 1. The van der Waals surface area contributed by atoms with E-state index in [1.165, 1.54) is 18.2 Å². The Labute approximate surface area is 122 Å². The van der Waals surface area contributed by atoms with Crippen molar-refractivity contribution in [2.75, 3.05) is 12.3 Å². The number of amides is 1. The third kappa shape index (κ3) is 3.72. The van der Waals surface area contributed by atoms with E-state index in [-0.39, 0.29) is 11.3 Å². The van der Waals surface area contributed by atoms with Crippen LogP contribution in [0, 0.1) is 5.82 Å². The molecule has 1 amide bonds. The molecule has 0 saturated heterocycles. The highest BCUT2D eigenvalue weighted by Gasteiger charge is 2.12. The Morgan fingerprint density at radius 3 is 2.81 bits per heavy atom. The first-order valence-electron chi connectivity index (χ1n) is 6.65. The summed E-state index contributed by atoms with van der Waals surface area (Å²) >= 11 is 0. The Morgan fingerprint density at radius 1 is 1.29 bits per heavy atom. The summed E-state index contributed by atoms with van der Waals surface area (Å²) in [6, 6.07) is 11.6. The van der Waals surface area contributed by atoms with Crippen LogP contribution in [-0.4, -0.2) is 12.5 Å². The second kappa shape index (κ2) is 6.74. The fourth-order valence-electron chi connectivity index (χ4n) is 1.92. The zero-order valence-electron chi connectivity index (χ0n) is 11.7. The van der Waals surface area contributed by atoms with E-state index in [0.717, 1.165) is 11.3 Å². The predicted octanol–water partition coefficient (Wildman–Crippen LogP) is 2.74. The van der Waals surface area contributed by atoms with Crippen LogP contribution in [0.25, 0.3) is 0 Å². The second-order valence-electron chi connectivity index (χ2n) is 4.46. The Bertz CT molecular complexity index is 644. The molecule has 0 bridgehead atoms. The molecule has 0 radical (unpaired) electrons. The van der Waals surface area contributed by atoms with Gasteiger partial charge < -0.3 is 15.8 Å². The summed E-state index contributed by atoms with van der Waals surface area (Å²) in [5.74, 6) is -0.260. The van der Waals surface area contributed by atoms with Crippen molar-refractivity contribution in [1.82, 2.24) is 5.32 Å². The third-order valence-electron chi connectivity index (χ3n) is 2.96. The Morgan fingerprint density at radius 2 is 2.05 bits per heavy atom. The van der Waals surface area contributed by atoms with Crippen LogP contribution in [0.3, 0.4) is 0 Å². The van der Waals surface area contributed by atoms with Gasteiger partial charge in [-0.25, -0.2) is 4.39 Å². The minimum absolute atomic E-state index is 0.135. The van der Waals surface area contributed by atoms with Crippen molar-refractivity contribution in [3.05, 3.63) is 59.4 Å². The van der Waals surface area contributed by atoms with Crippen molar-refractivity contribution in [3.8, 4) is 5.75 Å². The molecular formula is C16H17FN2O2. The first kappa shape index (κ1) is 14.8. The van der Waals surface area contributed by atoms with Crippen LogP contribution in [0.1, 0.15) is 22.8 Å². The smallest absolute Gasteiger partial charge is 0.253 e. The van der Waals surface area contributed by atoms with Gasteiger partial charge in [0.05, 0.1) is 17.9 Å². The lowest BCUT2D eigenvalue weighted by Crippen LogP contribution is -2.24. The van der Waals surface area contributed by atoms with Crippen LogP contribution in [0.5, 0.6) is 5.75 Å². The zero-order chi connectivity index (χ0) is 15.2. The molecule has 4 nitrogen and oxygen atoms in total. The molecular weight excluding hydrogens is 271 g/mol. The van der Waals surface area contributed by atoms with Crippen LogP contribution < -0.4 is 15.8 Å². The Hall–Kier alpha value is -2.56. The summed E-state index contributed by atoms with van der Waals surface area (Å²) in [5.41, 5.74) is 6.45. The number of anilines is 1. The topological polar surface area (TPSA) is 64.3 Å². The maximum absolute atomic E-state index is 13.3. The summed E-state index contributed by atoms with van der Waals surface area (Å²) in [7, 11) is 0. The first-order valence-corrected chi connectivity index (χ1v) is 6.65. The number of carbonyl (C=O) groups is 1. The monoisotopic (exact) mass is 288 g/mol. The molecule has 0 spiro atoms. The lowest BCUT2D eigenvalue weighted by molar-refractivity contribution is 0.0951. The molecule has 0 atom stereocenters. The summed E-state index contributed by atoms with van der Waals surface area (Å²) in [6.45, 7) is 2.80. The molecule has 0 aliphatic carbocycles. The van der Waals surface area contributed by atoms with Crippen LogP contribution in [0.15, 0.2) is 42.5 Å². The number of nitrogens with one attached hydrogen (secondary N) is 1. The van der Waals surface area contributed by atoms with E-state index in [2.05, 4.69) is 5.32 Å². The van der Waals surface area contributed by atoms with Gasteiger partial charge in [0, 0.05) is 6.54 Å². The van der Waals surface area contributed by atoms with Gasteiger partial charge in [-0.15, -0.1) is 0 Å². The van der Waals surface area contributed by atoms with Gasteiger partial charge in [-0.2, -0.15) is 0 Å². The average molecular weight is 288 g/mol. The van der Waals surface area contributed by atoms with Gasteiger partial charge in [0.25, 0.3) is 5.91 Å². The minimum atomic E-state index is -0.596. The van der Waals surface area contributed by atoms with Gasteiger partial charge in [0.15, 0.2) is 0 Å². The van der Waals surface area contributed by atoms with Crippen LogP contribution in [-0.2, 0) is 6.54 Å². The van der Waals surface area contributed by atoms with Crippen molar-refractivity contribution in [2.24, 2.45) is 0 Å². The van der Waals surface area contributed by atoms with E-state index in [1.807, 2.05) is 31.2 Å². The number of ether oxygens (including phenoxy) is 1. The predicted molar refractivity (Wildman–Crippen MR) is 79.6 cm³/mol. The fourth-order valence-corrected chi connectivity index (χ4v) is 1.92. The molecule has 5 heteroatoms. The molecule has 0 fully saturated rings. The number of para-hydroxylation sites is 1. The molecule has 0 aromatic heterocycles. The van der Waals surface area contributed by atoms with E-state index in [4.69, 9.17) is 10.5 Å². The molecule has 0 heterocycles. The van der Waals surface area contributed by atoms with E-state index < -0.39 is 11.7 Å². The maximum Gasteiger partial charge on any atom is 0.253 e. The second-order valence-corrected chi connectivity index (χ2v) is 4.46. The van der Waals surface area contributed by atoms with Gasteiger partial charge in [-0.05, 0) is 36.8 Å². The molecule has 0 saturated carbocycles. The number of nitrogen functional groups attached to an aromatic ring is 1. The molecule has 2 aromatic carbocycles. The first-order chi connectivity index (χ1) is 10.1. The highest BCUT2D eigenvalue weighted by molar-refractivity contribution is 5.99. The van der Waals surface area contributed by atoms with Crippen molar-refractivity contribution in [3.63, 3.8) is 0 Å². The third-order valence-corrected chi connectivity index (χ3v) is 2.96. The standard InChI is InChI=1S/C16H17FN2O2/c1-2-21-12-6-3-5-11(9-12)10-19-16(20)13-7-4-8-14(17)15(13)18/h3-9H,2,10,18H2,1H3,(H,19,20). The lowest BCUT2D eigenvalue weighted by atomic mass is 10.1. The SMILES string of the molecule is CCOc1cccc(CNC(=O)c2cccc(F)c2N)c1. The van der Waals surface area contributed by atoms with E-state index in [9.17, 15) is 9.18 Å². The zero-order valence-corrected chi connectivity index (χ0v) is 11.7. The number of hydrogen-bond donors (Lipinski definition) is 2. The Kier molecular flexibility index (Phi) is 4.77. The van der Waals surface area contributed by atoms with Gasteiger partial charge in [0.1, 0.15) is 11.6 Å². The normalized spacial score (nSPS) is 10.2. The number of nitrogens with two attached hydrogens (primary N) is 1. The summed E-state index contributed by atoms with van der Waals surface area (Å²) in [6.07, 6.45) is 0. The summed E-state index contributed by atoms with van der Waals surface area (Å²) < 4.78 is 18.7. The van der Waals surface area contributed by atoms with Crippen LogP contribution >= 0.6 is 0 Å². The molecule has 0 aliphatic rings. The lowest BCUT2D eigenvalue weighted by Gasteiger charge is -2.09. The van der Waals surface area contributed by atoms with Crippen molar-refractivity contribution < 1.29 is 13.9 Å². The van der Waals surface area contributed by atoms with Crippen molar-refractivity contribution in [1.29, 1.82) is 0 Å². The van der Waals surface area contributed by atoms with Gasteiger partial charge in [-0.3, -0.25) is 4.79 Å². The molecule has 21 heavy (non-hydrogen) atoms. The van der Waals surface area contributed by atoms with Crippen molar-refractivity contribution in [2.45, 2.75) is 13.5 Å². The summed E-state index contributed by atoms with van der Waals surface area (Å²) in [5, 5.41) is 2.71. The van der Waals surface area contributed by atoms with Crippen LogP contribution in [0.2, 0.25) is 0 Å².